The molecule has 0 fully saturated rings. The van der Waals surface area contributed by atoms with Crippen molar-refractivity contribution in [1.29, 1.82) is 0 Å². The number of H-pyrrole nitrogens is 1. The Balaban J connectivity index is 1.82. The van der Waals surface area contributed by atoms with Crippen LogP contribution in [0.4, 0.5) is 4.79 Å². The fourth-order valence-corrected chi connectivity index (χ4v) is 3.02. The van der Waals surface area contributed by atoms with Crippen LogP contribution in [0.3, 0.4) is 0 Å². The summed E-state index contributed by atoms with van der Waals surface area (Å²) in [6.07, 6.45) is -0.459. The average Bonchev–Trinajstić information content (AvgIpc) is 3.02. The van der Waals surface area contributed by atoms with Crippen molar-refractivity contribution in [3.63, 3.8) is 0 Å². The molecule has 0 radical (unpaired) electrons. The smallest absolute Gasteiger partial charge is 0.408 e. The van der Waals surface area contributed by atoms with Crippen molar-refractivity contribution in [2.45, 2.75) is 45.8 Å². The van der Waals surface area contributed by atoms with Gasteiger partial charge in [-0.05, 0) is 63.4 Å². The molecule has 2 aromatic carbocycles. The summed E-state index contributed by atoms with van der Waals surface area (Å²) in [4.78, 5) is 22.8. The predicted molar refractivity (Wildman–Crippen MR) is 111 cm³/mol. The van der Waals surface area contributed by atoms with Gasteiger partial charge in [0.15, 0.2) is 0 Å². The summed E-state index contributed by atoms with van der Waals surface area (Å²) in [6.45, 7) is 9.69. The van der Waals surface area contributed by atoms with Crippen LogP contribution in [0.25, 0.3) is 22.0 Å². The number of benzene rings is 2. The Bertz CT molecular complexity index is 1030. The second kappa shape index (κ2) is 7.58. The van der Waals surface area contributed by atoms with Gasteiger partial charge < -0.3 is 14.8 Å². The highest BCUT2D eigenvalue weighted by atomic mass is 16.6. The van der Waals surface area contributed by atoms with E-state index in [2.05, 4.69) is 15.5 Å². The van der Waals surface area contributed by atoms with Gasteiger partial charge in [0.2, 0.25) is 5.88 Å². The number of aromatic nitrogens is 2. The molecule has 0 aliphatic heterocycles. The minimum Gasteiger partial charge on any atom is -0.444 e. The summed E-state index contributed by atoms with van der Waals surface area (Å²) in [5.41, 5.74) is 2.52. The zero-order valence-corrected chi connectivity index (χ0v) is 17.2. The third-order valence-corrected chi connectivity index (χ3v) is 4.44. The Morgan fingerprint density at radius 3 is 2.31 bits per heavy atom. The van der Waals surface area contributed by atoms with Gasteiger partial charge in [0.25, 0.3) is 6.47 Å². The number of carbonyl (C=O) groups excluding carboxylic acids is 2. The topological polar surface area (TPSA) is 93.3 Å². The molecule has 7 heteroatoms. The molecular formula is C22H25N3O4. The van der Waals surface area contributed by atoms with E-state index >= 15 is 0 Å². The van der Waals surface area contributed by atoms with Gasteiger partial charge in [-0.15, -0.1) is 5.10 Å². The van der Waals surface area contributed by atoms with Crippen LogP contribution in [0.15, 0.2) is 42.5 Å². The number of amides is 1. The van der Waals surface area contributed by atoms with E-state index in [0.29, 0.717) is 6.47 Å². The van der Waals surface area contributed by atoms with E-state index in [-0.39, 0.29) is 5.88 Å². The van der Waals surface area contributed by atoms with Crippen molar-refractivity contribution in [1.82, 2.24) is 15.5 Å². The number of hydrogen-bond acceptors (Lipinski definition) is 5. The lowest BCUT2D eigenvalue weighted by Gasteiger charge is -2.29. The lowest BCUT2D eigenvalue weighted by atomic mass is 9.92. The first-order valence-electron chi connectivity index (χ1n) is 9.29. The highest BCUT2D eigenvalue weighted by molar-refractivity contribution is 5.89. The summed E-state index contributed by atoms with van der Waals surface area (Å²) < 4.78 is 10.3. The highest BCUT2D eigenvalue weighted by Crippen LogP contribution is 2.30. The maximum absolute atomic E-state index is 12.1. The number of aromatic amines is 1. The summed E-state index contributed by atoms with van der Waals surface area (Å²) in [7, 11) is 0. The number of ether oxygens (including phenoxy) is 2. The van der Waals surface area contributed by atoms with Crippen molar-refractivity contribution in [2.75, 3.05) is 0 Å². The Morgan fingerprint density at radius 1 is 1.03 bits per heavy atom. The monoisotopic (exact) mass is 395 g/mol. The second-order valence-corrected chi connectivity index (χ2v) is 8.33. The molecule has 0 bridgehead atoms. The first kappa shape index (κ1) is 20.4. The number of nitrogens with one attached hydrogen (secondary N) is 2. The lowest BCUT2D eigenvalue weighted by molar-refractivity contribution is -0.120. The van der Waals surface area contributed by atoms with Crippen molar-refractivity contribution < 1.29 is 19.1 Å². The maximum atomic E-state index is 12.1. The molecular weight excluding hydrogens is 370 g/mol. The van der Waals surface area contributed by atoms with Crippen LogP contribution in [0.1, 0.15) is 40.2 Å². The molecule has 0 aliphatic rings. The molecule has 7 nitrogen and oxygen atoms in total. The number of hydrogen-bond donors (Lipinski definition) is 2. The molecule has 0 aliphatic carbocycles. The first-order valence-corrected chi connectivity index (χ1v) is 9.29. The minimum atomic E-state index is -0.597. The van der Waals surface area contributed by atoms with E-state index < -0.39 is 17.2 Å². The van der Waals surface area contributed by atoms with E-state index in [9.17, 15) is 9.59 Å². The van der Waals surface area contributed by atoms with Crippen LogP contribution < -0.4 is 10.1 Å². The first-order chi connectivity index (χ1) is 13.6. The van der Waals surface area contributed by atoms with Gasteiger partial charge in [0.1, 0.15) is 5.60 Å². The van der Waals surface area contributed by atoms with Gasteiger partial charge in [-0.2, -0.15) is 0 Å². The Kier molecular flexibility index (Phi) is 5.33. The van der Waals surface area contributed by atoms with Crippen LogP contribution >= 0.6 is 0 Å². The number of fused-ring (bicyclic) bond motifs is 1. The molecule has 0 saturated heterocycles. The Labute approximate surface area is 169 Å². The van der Waals surface area contributed by atoms with E-state index in [1.165, 1.54) is 0 Å². The molecule has 152 valence electrons. The number of carbonyl (C=O) groups is 2. The quantitative estimate of drug-likeness (QED) is 0.619. The predicted octanol–water partition coefficient (Wildman–Crippen LogP) is 4.52. The van der Waals surface area contributed by atoms with E-state index in [1.807, 2.05) is 77.1 Å². The van der Waals surface area contributed by atoms with Crippen LogP contribution in [-0.2, 0) is 15.1 Å². The molecule has 29 heavy (non-hydrogen) atoms. The summed E-state index contributed by atoms with van der Waals surface area (Å²) >= 11 is 0. The molecule has 0 unspecified atom stereocenters. The zero-order chi connectivity index (χ0) is 21.2. The molecule has 0 atom stereocenters. The third kappa shape index (κ3) is 4.74. The fraction of sp³-hybridized carbons (Fsp3) is 0.318. The average molecular weight is 395 g/mol. The Hall–Kier alpha value is -3.35. The van der Waals surface area contributed by atoms with Crippen LogP contribution in [0, 0.1) is 0 Å². The lowest BCUT2D eigenvalue weighted by Crippen LogP contribution is -2.43. The van der Waals surface area contributed by atoms with Crippen LogP contribution in [-0.4, -0.2) is 28.4 Å². The highest BCUT2D eigenvalue weighted by Gasteiger charge is 2.26. The van der Waals surface area contributed by atoms with E-state index in [1.54, 1.807) is 0 Å². The zero-order valence-electron chi connectivity index (χ0n) is 17.2. The molecule has 3 rings (SSSR count). The summed E-state index contributed by atoms with van der Waals surface area (Å²) in [5.74, 6) is 0.246. The molecule has 2 N–H and O–H groups in total. The molecule has 3 aromatic rings. The van der Waals surface area contributed by atoms with Gasteiger partial charge in [-0.3, -0.25) is 9.89 Å². The largest absolute Gasteiger partial charge is 0.444 e. The summed E-state index contributed by atoms with van der Waals surface area (Å²) in [5, 5.41) is 10.5. The SMILES string of the molecule is CC(C)(C)OC(=O)NC(C)(C)c1ccc(-c2ccc3[nH]nc(OC=O)c3c2)cc1. The molecule has 1 aromatic heterocycles. The van der Waals surface area contributed by atoms with Crippen LogP contribution in [0.5, 0.6) is 5.88 Å². The van der Waals surface area contributed by atoms with Gasteiger partial charge in [0, 0.05) is 0 Å². The molecule has 0 spiro atoms. The third-order valence-electron chi connectivity index (χ3n) is 4.44. The number of alkyl carbamates (subject to hydrolysis) is 1. The van der Waals surface area contributed by atoms with Crippen molar-refractivity contribution in [2.24, 2.45) is 0 Å². The van der Waals surface area contributed by atoms with Crippen molar-refractivity contribution in [3.8, 4) is 17.0 Å². The second-order valence-electron chi connectivity index (χ2n) is 8.33. The van der Waals surface area contributed by atoms with E-state index in [4.69, 9.17) is 9.47 Å². The molecule has 1 heterocycles. The number of rotatable bonds is 5. The van der Waals surface area contributed by atoms with E-state index in [0.717, 1.165) is 27.6 Å². The molecule has 1 amide bonds. The minimum absolute atomic E-state index is 0.246. The summed E-state index contributed by atoms with van der Waals surface area (Å²) in [6, 6.07) is 13.7. The molecule has 0 saturated carbocycles. The normalized spacial score (nSPS) is 11.9. The van der Waals surface area contributed by atoms with Gasteiger partial charge in [0.05, 0.1) is 16.4 Å². The van der Waals surface area contributed by atoms with Gasteiger partial charge in [-0.1, -0.05) is 30.3 Å². The van der Waals surface area contributed by atoms with Gasteiger partial charge >= 0.3 is 6.09 Å². The van der Waals surface area contributed by atoms with Gasteiger partial charge in [-0.25, -0.2) is 4.79 Å². The fourth-order valence-electron chi connectivity index (χ4n) is 3.02. The van der Waals surface area contributed by atoms with Crippen LogP contribution in [0.2, 0.25) is 0 Å². The van der Waals surface area contributed by atoms with Crippen molar-refractivity contribution in [3.05, 3.63) is 48.0 Å². The standard InChI is InChI=1S/C22H25N3O4/c1-21(2,3)29-20(27)23-22(4,5)16-9-6-14(7-10-16)15-8-11-18-17(12-15)19(25-24-18)28-13-26/h6-13H,1-5H3,(H,23,27)(H,24,25). The Morgan fingerprint density at radius 2 is 1.69 bits per heavy atom. The maximum Gasteiger partial charge on any atom is 0.408 e. The van der Waals surface area contributed by atoms with Crippen molar-refractivity contribution >= 4 is 23.5 Å². The number of nitrogens with zero attached hydrogens (tertiary/aromatic N) is 1.